The van der Waals surface area contributed by atoms with E-state index in [1.165, 1.54) is 4.31 Å². The molecule has 2 unspecified atom stereocenters. The van der Waals surface area contributed by atoms with Gasteiger partial charge < -0.3 is 5.11 Å². The van der Waals surface area contributed by atoms with Crippen LogP contribution in [0.1, 0.15) is 13.3 Å². The van der Waals surface area contributed by atoms with Crippen LogP contribution in [0.3, 0.4) is 0 Å². The largest absolute Gasteiger partial charge is 0.393 e. The monoisotopic (exact) mass is 333 g/mol. The summed E-state index contributed by atoms with van der Waals surface area (Å²) in [5, 5.41) is 9.66. The highest BCUT2D eigenvalue weighted by Gasteiger charge is 2.33. The summed E-state index contributed by atoms with van der Waals surface area (Å²) in [6, 6.07) is 6.80. The number of piperidine rings is 1. The molecule has 1 N–H and O–H groups in total. The van der Waals surface area contributed by atoms with Crippen LogP contribution in [0.25, 0.3) is 0 Å². The van der Waals surface area contributed by atoms with E-state index in [1.807, 2.05) is 6.92 Å². The normalized spacial score (nSPS) is 26.2. The lowest BCUT2D eigenvalue weighted by atomic mass is 9.99. The highest BCUT2D eigenvalue weighted by Crippen LogP contribution is 2.28. The average molecular weight is 334 g/mol. The molecule has 1 saturated heterocycles. The van der Waals surface area contributed by atoms with Crippen LogP contribution in [0.2, 0.25) is 0 Å². The highest BCUT2D eigenvalue weighted by atomic mass is 79.9. The molecule has 4 nitrogen and oxygen atoms in total. The fourth-order valence-electron chi connectivity index (χ4n) is 2.11. The van der Waals surface area contributed by atoms with Crippen LogP contribution in [0, 0.1) is 5.92 Å². The van der Waals surface area contributed by atoms with E-state index in [0.717, 1.165) is 0 Å². The molecular weight excluding hydrogens is 318 g/mol. The van der Waals surface area contributed by atoms with Crippen LogP contribution >= 0.6 is 15.9 Å². The summed E-state index contributed by atoms with van der Waals surface area (Å²) in [4.78, 5) is 0.286. The van der Waals surface area contributed by atoms with Crippen molar-refractivity contribution in [3.05, 3.63) is 28.7 Å². The van der Waals surface area contributed by atoms with E-state index >= 15 is 0 Å². The molecule has 18 heavy (non-hydrogen) atoms. The predicted molar refractivity (Wildman–Crippen MR) is 72.7 cm³/mol. The summed E-state index contributed by atoms with van der Waals surface area (Å²) in [7, 11) is -3.47. The second-order valence-electron chi connectivity index (χ2n) is 4.63. The van der Waals surface area contributed by atoms with Crippen LogP contribution in [-0.4, -0.2) is 37.0 Å². The molecule has 0 aliphatic carbocycles. The fraction of sp³-hybridized carbons (Fsp3) is 0.500. The Kier molecular flexibility index (Phi) is 4.11. The number of aliphatic hydroxyl groups excluding tert-OH is 1. The van der Waals surface area contributed by atoms with E-state index in [2.05, 4.69) is 15.9 Å². The zero-order chi connectivity index (χ0) is 13.3. The van der Waals surface area contributed by atoms with Crippen molar-refractivity contribution in [3.8, 4) is 0 Å². The predicted octanol–water partition coefficient (Wildman–Crippen LogP) is 1.84. The molecule has 100 valence electrons. The van der Waals surface area contributed by atoms with Crippen molar-refractivity contribution in [1.82, 2.24) is 4.31 Å². The van der Waals surface area contributed by atoms with Gasteiger partial charge in [-0.05, 0) is 40.4 Å². The van der Waals surface area contributed by atoms with Crippen molar-refractivity contribution in [2.24, 2.45) is 5.92 Å². The van der Waals surface area contributed by atoms with E-state index in [4.69, 9.17) is 0 Å². The molecule has 0 aromatic heterocycles. The lowest BCUT2D eigenvalue weighted by Crippen LogP contribution is -2.44. The lowest BCUT2D eigenvalue weighted by molar-refractivity contribution is 0.0628. The van der Waals surface area contributed by atoms with Crippen molar-refractivity contribution in [1.29, 1.82) is 0 Å². The van der Waals surface area contributed by atoms with Crippen molar-refractivity contribution in [2.75, 3.05) is 13.1 Å². The highest BCUT2D eigenvalue weighted by molar-refractivity contribution is 9.10. The number of sulfonamides is 1. The average Bonchev–Trinajstić information content (AvgIpc) is 2.33. The van der Waals surface area contributed by atoms with Gasteiger partial charge in [0.15, 0.2) is 0 Å². The second-order valence-corrected chi connectivity index (χ2v) is 7.39. The Balaban J connectivity index is 2.30. The molecule has 6 heteroatoms. The van der Waals surface area contributed by atoms with E-state index in [0.29, 0.717) is 24.0 Å². The van der Waals surface area contributed by atoms with Crippen LogP contribution in [0.15, 0.2) is 33.6 Å². The summed E-state index contributed by atoms with van der Waals surface area (Å²) in [6.07, 6.45) is 0.0841. The maximum absolute atomic E-state index is 12.5. The van der Waals surface area contributed by atoms with E-state index < -0.39 is 16.1 Å². The van der Waals surface area contributed by atoms with Crippen LogP contribution in [0.5, 0.6) is 0 Å². The number of hydrogen-bond donors (Lipinski definition) is 1. The topological polar surface area (TPSA) is 57.6 Å². The summed E-state index contributed by atoms with van der Waals surface area (Å²) in [6.45, 7) is 2.60. The third-order valence-electron chi connectivity index (χ3n) is 3.28. The van der Waals surface area contributed by atoms with E-state index in [1.54, 1.807) is 24.3 Å². The SMILES string of the molecule is CC1CN(S(=O)(=O)c2ccccc2Br)CCC1O. The number of benzene rings is 1. The third kappa shape index (κ3) is 2.61. The van der Waals surface area contributed by atoms with Gasteiger partial charge in [0, 0.05) is 17.6 Å². The Bertz CT molecular complexity index is 532. The Morgan fingerprint density at radius 2 is 2.06 bits per heavy atom. The zero-order valence-electron chi connectivity index (χ0n) is 10.1. The number of rotatable bonds is 2. The van der Waals surface area contributed by atoms with Crippen molar-refractivity contribution < 1.29 is 13.5 Å². The first-order valence-corrected chi connectivity index (χ1v) is 8.09. The van der Waals surface area contributed by atoms with Gasteiger partial charge in [0.25, 0.3) is 0 Å². The minimum Gasteiger partial charge on any atom is -0.393 e. The number of halogens is 1. The molecular formula is C12H16BrNO3S. The molecule has 0 amide bonds. The van der Waals surface area contributed by atoms with Gasteiger partial charge in [-0.3, -0.25) is 0 Å². The molecule has 1 aliphatic heterocycles. The van der Waals surface area contributed by atoms with Gasteiger partial charge in [0.05, 0.1) is 11.0 Å². The lowest BCUT2D eigenvalue weighted by Gasteiger charge is -2.33. The van der Waals surface area contributed by atoms with Gasteiger partial charge in [-0.2, -0.15) is 4.31 Å². The van der Waals surface area contributed by atoms with Crippen LogP contribution in [0.4, 0.5) is 0 Å². The molecule has 2 atom stereocenters. The molecule has 1 aliphatic rings. The zero-order valence-corrected chi connectivity index (χ0v) is 12.5. The van der Waals surface area contributed by atoms with Gasteiger partial charge in [0.2, 0.25) is 10.0 Å². The quantitative estimate of drug-likeness (QED) is 0.898. The first-order valence-electron chi connectivity index (χ1n) is 5.85. The summed E-state index contributed by atoms with van der Waals surface area (Å²) >= 11 is 3.27. The molecule has 1 aromatic rings. The van der Waals surface area contributed by atoms with Gasteiger partial charge in [0.1, 0.15) is 0 Å². The standard InChI is InChI=1S/C12H16BrNO3S/c1-9-8-14(7-6-11(9)15)18(16,17)12-5-3-2-4-10(12)13/h2-5,9,11,15H,6-8H2,1H3. The summed E-state index contributed by atoms with van der Waals surface area (Å²) in [5.74, 6) is -0.0315. The maximum Gasteiger partial charge on any atom is 0.244 e. The molecule has 1 heterocycles. The van der Waals surface area contributed by atoms with Crippen molar-refractivity contribution in [3.63, 3.8) is 0 Å². The Morgan fingerprint density at radius 1 is 1.39 bits per heavy atom. The molecule has 0 radical (unpaired) electrons. The minimum atomic E-state index is -3.47. The fourth-order valence-corrected chi connectivity index (χ4v) is 4.63. The number of nitrogens with zero attached hydrogens (tertiary/aromatic N) is 1. The molecule has 1 fully saturated rings. The number of aliphatic hydroxyl groups is 1. The first-order chi connectivity index (χ1) is 8.43. The van der Waals surface area contributed by atoms with Gasteiger partial charge >= 0.3 is 0 Å². The summed E-state index contributed by atoms with van der Waals surface area (Å²) in [5.41, 5.74) is 0. The van der Waals surface area contributed by atoms with E-state index in [9.17, 15) is 13.5 Å². The smallest absolute Gasteiger partial charge is 0.244 e. The molecule has 2 rings (SSSR count). The van der Waals surface area contributed by atoms with Crippen LogP contribution in [-0.2, 0) is 10.0 Å². The molecule has 0 spiro atoms. The van der Waals surface area contributed by atoms with Gasteiger partial charge in [-0.1, -0.05) is 19.1 Å². The second kappa shape index (κ2) is 5.28. The first kappa shape index (κ1) is 14.0. The van der Waals surface area contributed by atoms with E-state index in [-0.39, 0.29) is 10.8 Å². The molecule has 1 aromatic carbocycles. The van der Waals surface area contributed by atoms with Crippen molar-refractivity contribution in [2.45, 2.75) is 24.3 Å². The Labute approximate surface area is 116 Å². The van der Waals surface area contributed by atoms with Gasteiger partial charge in [-0.15, -0.1) is 0 Å². The van der Waals surface area contributed by atoms with Crippen molar-refractivity contribution >= 4 is 26.0 Å². The molecule has 0 bridgehead atoms. The minimum absolute atomic E-state index is 0.0315. The van der Waals surface area contributed by atoms with Gasteiger partial charge in [-0.25, -0.2) is 8.42 Å². The number of hydrogen-bond acceptors (Lipinski definition) is 3. The van der Waals surface area contributed by atoms with Crippen LogP contribution < -0.4 is 0 Å². The summed E-state index contributed by atoms with van der Waals surface area (Å²) < 4.78 is 27.0. The Hall–Kier alpha value is -0.430. The third-order valence-corrected chi connectivity index (χ3v) is 6.15. The Morgan fingerprint density at radius 3 is 2.67 bits per heavy atom. The molecule has 0 saturated carbocycles. The maximum atomic E-state index is 12.5.